The number of carbonyl (C=O) groups excluding carboxylic acids is 3. The molecule has 0 saturated heterocycles. The highest BCUT2D eigenvalue weighted by atomic mass is 32.1. The number of hydrogen-bond acceptors (Lipinski definition) is 5. The fourth-order valence-electron chi connectivity index (χ4n) is 2.34. The molecule has 0 fully saturated rings. The van der Waals surface area contributed by atoms with Crippen LogP contribution in [0.4, 0.5) is 5.69 Å². The molecule has 2 amide bonds. The number of nitrogens with one attached hydrogen (secondary N) is 2. The lowest BCUT2D eigenvalue weighted by molar-refractivity contribution is -0.118. The van der Waals surface area contributed by atoms with Gasteiger partial charge >= 0.3 is 5.97 Å². The first-order valence-electron chi connectivity index (χ1n) is 8.84. The number of ether oxygens (including phenoxy) is 1. The van der Waals surface area contributed by atoms with Crippen LogP contribution in [0.3, 0.4) is 0 Å². The summed E-state index contributed by atoms with van der Waals surface area (Å²) in [4.78, 5) is 37.2. The number of benzene rings is 1. The molecule has 1 unspecified atom stereocenters. The van der Waals surface area contributed by atoms with Gasteiger partial charge in [0, 0.05) is 5.69 Å². The molecule has 6 nitrogen and oxygen atoms in total. The van der Waals surface area contributed by atoms with Crippen LogP contribution < -0.4 is 10.6 Å². The summed E-state index contributed by atoms with van der Waals surface area (Å²) in [6.07, 6.45) is 0.758. The molecule has 0 aliphatic rings. The van der Waals surface area contributed by atoms with E-state index >= 15 is 0 Å². The fraction of sp³-hybridized carbons (Fsp3) is 0.350. The Kier molecular flexibility index (Phi) is 7.55. The van der Waals surface area contributed by atoms with Crippen LogP contribution in [0.2, 0.25) is 0 Å². The van der Waals surface area contributed by atoms with Crippen LogP contribution in [0.5, 0.6) is 0 Å². The maximum absolute atomic E-state index is 12.6. The first-order valence-corrected chi connectivity index (χ1v) is 9.72. The lowest BCUT2D eigenvalue weighted by Crippen LogP contribution is -2.46. The molecule has 1 aromatic heterocycles. The molecule has 7 heteroatoms. The van der Waals surface area contributed by atoms with E-state index in [1.807, 2.05) is 26.2 Å². The molecule has 0 aliphatic heterocycles. The lowest BCUT2D eigenvalue weighted by Gasteiger charge is -2.21. The maximum atomic E-state index is 12.6. The van der Waals surface area contributed by atoms with Crippen molar-refractivity contribution >= 4 is 34.8 Å². The van der Waals surface area contributed by atoms with Crippen LogP contribution in [-0.4, -0.2) is 30.4 Å². The van der Waals surface area contributed by atoms with Gasteiger partial charge < -0.3 is 15.4 Å². The fourth-order valence-corrected chi connectivity index (χ4v) is 2.97. The molecule has 1 heterocycles. The van der Waals surface area contributed by atoms with E-state index in [0.717, 1.165) is 6.42 Å². The van der Waals surface area contributed by atoms with Crippen LogP contribution in [0, 0.1) is 5.92 Å². The molecule has 2 N–H and O–H groups in total. The van der Waals surface area contributed by atoms with E-state index in [1.54, 1.807) is 36.4 Å². The zero-order chi connectivity index (χ0) is 19.8. The van der Waals surface area contributed by atoms with Crippen LogP contribution in [0.15, 0.2) is 41.8 Å². The van der Waals surface area contributed by atoms with Gasteiger partial charge in [0.25, 0.3) is 5.91 Å². The largest absolute Gasteiger partial charge is 0.462 e. The molecular weight excluding hydrogens is 364 g/mol. The highest BCUT2D eigenvalue weighted by Crippen LogP contribution is 2.14. The van der Waals surface area contributed by atoms with E-state index in [9.17, 15) is 14.4 Å². The summed E-state index contributed by atoms with van der Waals surface area (Å²) in [5, 5.41) is 7.37. The Labute approximate surface area is 162 Å². The number of esters is 1. The second-order valence-corrected chi connectivity index (χ2v) is 7.32. The summed E-state index contributed by atoms with van der Waals surface area (Å²) < 4.78 is 5.07. The molecule has 144 valence electrons. The van der Waals surface area contributed by atoms with Crippen LogP contribution in [-0.2, 0) is 9.53 Å². The Morgan fingerprint density at radius 1 is 1.11 bits per heavy atom. The van der Waals surface area contributed by atoms with Crippen molar-refractivity contribution in [3.8, 4) is 0 Å². The zero-order valence-corrected chi connectivity index (χ0v) is 16.5. The molecule has 1 atom stereocenters. The lowest BCUT2D eigenvalue weighted by atomic mass is 10.0. The second-order valence-electron chi connectivity index (χ2n) is 6.37. The summed E-state index contributed by atoms with van der Waals surface area (Å²) >= 11 is 1.32. The maximum Gasteiger partial charge on any atom is 0.338 e. The van der Waals surface area contributed by atoms with Crippen LogP contribution in [0.1, 0.15) is 47.2 Å². The molecule has 0 bridgehead atoms. The second kappa shape index (κ2) is 9.87. The van der Waals surface area contributed by atoms with E-state index in [4.69, 9.17) is 4.74 Å². The average Bonchev–Trinajstić information content (AvgIpc) is 3.19. The van der Waals surface area contributed by atoms with Crippen molar-refractivity contribution in [1.29, 1.82) is 0 Å². The Morgan fingerprint density at radius 2 is 1.81 bits per heavy atom. The normalized spacial score (nSPS) is 11.7. The van der Waals surface area contributed by atoms with E-state index in [0.29, 0.717) is 22.7 Å². The third kappa shape index (κ3) is 5.92. The van der Waals surface area contributed by atoms with E-state index in [-0.39, 0.29) is 17.7 Å². The Balaban J connectivity index is 2.00. The smallest absolute Gasteiger partial charge is 0.338 e. The summed E-state index contributed by atoms with van der Waals surface area (Å²) in [7, 11) is 0. The summed E-state index contributed by atoms with van der Waals surface area (Å²) in [6, 6.07) is 9.30. The standard InChI is InChI=1S/C20H24N2O4S/c1-4-11-26-20(25)14-7-9-15(10-8-14)21-19(24)17(13(2)3)22-18(23)16-6-5-12-27-16/h5-10,12-13,17H,4,11H2,1-3H3,(H,21,24)(H,22,23). The highest BCUT2D eigenvalue weighted by molar-refractivity contribution is 7.12. The van der Waals surface area contributed by atoms with Crippen molar-refractivity contribution in [1.82, 2.24) is 5.32 Å². The SMILES string of the molecule is CCCOC(=O)c1ccc(NC(=O)C(NC(=O)c2cccs2)C(C)C)cc1. The van der Waals surface area contributed by atoms with Gasteiger partial charge in [-0.1, -0.05) is 26.8 Å². The van der Waals surface area contributed by atoms with Gasteiger partial charge in [0.2, 0.25) is 5.91 Å². The summed E-state index contributed by atoms with van der Waals surface area (Å²) in [6.45, 7) is 6.03. The minimum atomic E-state index is -0.672. The molecule has 1 aromatic carbocycles. The van der Waals surface area contributed by atoms with Crippen molar-refractivity contribution in [2.45, 2.75) is 33.2 Å². The van der Waals surface area contributed by atoms with Crippen molar-refractivity contribution in [3.05, 3.63) is 52.2 Å². The zero-order valence-electron chi connectivity index (χ0n) is 15.7. The van der Waals surface area contributed by atoms with E-state index in [2.05, 4.69) is 10.6 Å². The van der Waals surface area contributed by atoms with Gasteiger partial charge in [-0.15, -0.1) is 11.3 Å². The van der Waals surface area contributed by atoms with Crippen molar-refractivity contribution in [2.24, 2.45) is 5.92 Å². The van der Waals surface area contributed by atoms with Crippen LogP contribution >= 0.6 is 11.3 Å². The van der Waals surface area contributed by atoms with Crippen LogP contribution in [0.25, 0.3) is 0 Å². The van der Waals surface area contributed by atoms with E-state index < -0.39 is 12.0 Å². The Bertz CT molecular complexity index is 770. The number of carbonyl (C=O) groups is 3. The first-order chi connectivity index (χ1) is 12.9. The van der Waals surface area contributed by atoms with Crippen molar-refractivity contribution in [3.63, 3.8) is 0 Å². The first kappa shape index (κ1) is 20.6. The minimum absolute atomic E-state index is 0.0859. The third-order valence-electron chi connectivity index (χ3n) is 3.81. The molecule has 2 aromatic rings. The number of anilines is 1. The molecule has 2 rings (SSSR count). The quantitative estimate of drug-likeness (QED) is 0.675. The monoisotopic (exact) mass is 388 g/mol. The number of rotatable bonds is 8. The van der Waals surface area contributed by atoms with Gasteiger partial charge in [-0.3, -0.25) is 9.59 Å². The van der Waals surface area contributed by atoms with E-state index in [1.165, 1.54) is 11.3 Å². The third-order valence-corrected chi connectivity index (χ3v) is 4.67. The summed E-state index contributed by atoms with van der Waals surface area (Å²) in [5.74, 6) is -1.06. The number of thiophene rings is 1. The summed E-state index contributed by atoms with van der Waals surface area (Å²) in [5.41, 5.74) is 0.968. The van der Waals surface area contributed by atoms with Gasteiger partial charge in [-0.2, -0.15) is 0 Å². The Morgan fingerprint density at radius 3 is 2.37 bits per heavy atom. The van der Waals surface area contributed by atoms with Gasteiger partial charge in [-0.25, -0.2) is 4.79 Å². The van der Waals surface area contributed by atoms with Gasteiger partial charge in [0.15, 0.2) is 0 Å². The van der Waals surface area contributed by atoms with Gasteiger partial charge in [0.1, 0.15) is 6.04 Å². The topological polar surface area (TPSA) is 84.5 Å². The molecule has 0 radical (unpaired) electrons. The minimum Gasteiger partial charge on any atom is -0.462 e. The predicted molar refractivity (Wildman–Crippen MR) is 106 cm³/mol. The molecular formula is C20H24N2O4S. The number of amides is 2. The van der Waals surface area contributed by atoms with Crippen molar-refractivity contribution < 1.29 is 19.1 Å². The molecule has 27 heavy (non-hydrogen) atoms. The van der Waals surface area contributed by atoms with Gasteiger partial charge in [0.05, 0.1) is 17.0 Å². The molecule has 0 aliphatic carbocycles. The highest BCUT2D eigenvalue weighted by Gasteiger charge is 2.25. The molecule has 0 spiro atoms. The number of hydrogen-bond donors (Lipinski definition) is 2. The average molecular weight is 388 g/mol. The predicted octanol–water partition coefficient (Wildman–Crippen LogP) is 3.71. The van der Waals surface area contributed by atoms with Crippen molar-refractivity contribution in [2.75, 3.05) is 11.9 Å². The Hall–Kier alpha value is -2.67. The molecule has 0 saturated carbocycles. The van der Waals surface area contributed by atoms with Gasteiger partial charge in [-0.05, 0) is 48.1 Å².